The third-order valence-corrected chi connectivity index (χ3v) is 5.49. The van der Waals surface area contributed by atoms with Gasteiger partial charge in [0.25, 0.3) is 0 Å². The minimum Gasteiger partial charge on any atom is -0.494 e. The number of hydrogen-bond acceptors (Lipinski definition) is 2. The lowest BCUT2D eigenvalue weighted by atomic mass is 9.78. The van der Waals surface area contributed by atoms with Gasteiger partial charge in [-0.2, -0.15) is 0 Å². The number of nitrogens with zero attached hydrogens (tertiary/aromatic N) is 1. The van der Waals surface area contributed by atoms with E-state index in [9.17, 15) is 4.39 Å². The topological polar surface area (TPSA) is 37.9 Å². The molecule has 4 rings (SSSR count). The molecule has 1 N–H and O–H groups in total. The van der Waals surface area contributed by atoms with Gasteiger partial charge in [-0.3, -0.25) is 0 Å². The van der Waals surface area contributed by atoms with Crippen molar-refractivity contribution in [2.24, 2.45) is 0 Å². The molecular formula is C23H23FN2O. The molecule has 1 aliphatic heterocycles. The number of rotatable bonds is 3. The Bertz CT molecular complexity index is 1070. The molecule has 0 saturated heterocycles. The van der Waals surface area contributed by atoms with Gasteiger partial charge in [0.2, 0.25) is 0 Å². The van der Waals surface area contributed by atoms with Crippen molar-refractivity contribution >= 4 is 16.6 Å². The highest BCUT2D eigenvalue weighted by Crippen LogP contribution is 2.38. The maximum Gasteiger partial charge on any atom is 0.137 e. The smallest absolute Gasteiger partial charge is 0.137 e. The molecule has 0 radical (unpaired) electrons. The predicted octanol–water partition coefficient (Wildman–Crippen LogP) is 5.74. The van der Waals surface area contributed by atoms with Gasteiger partial charge in [-0.15, -0.1) is 0 Å². The number of aromatic nitrogens is 2. The second kappa shape index (κ2) is 6.38. The Hall–Kier alpha value is -2.88. The second-order valence-corrected chi connectivity index (χ2v) is 7.58. The maximum atomic E-state index is 13.4. The normalized spacial score (nSPS) is 15.1. The zero-order valence-electron chi connectivity index (χ0n) is 16.1. The number of fused-ring (bicyclic) bond motifs is 1. The molecule has 0 saturated carbocycles. The Kier molecular flexibility index (Phi) is 4.14. The minimum absolute atomic E-state index is 0.223. The molecule has 0 fully saturated rings. The van der Waals surface area contributed by atoms with Gasteiger partial charge in [0.1, 0.15) is 23.8 Å². The number of halogens is 1. The molecule has 0 aliphatic carbocycles. The fourth-order valence-electron chi connectivity index (χ4n) is 3.85. The Morgan fingerprint density at radius 3 is 2.59 bits per heavy atom. The highest BCUT2D eigenvalue weighted by Gasteiger charge is 2.27. The molecule has 0 unspecified atom stereocenters. The summed E-state index contributed by atoms with van der Waals surface area (Å²) in [6, 6.07) is 8.89. The van der Waals surface area contributed by atoms with Crippen LogP contribution in [-0.4, -0.2) is 16.6 Å². The van der Waals surface area contributed by atoms with Gasteiger partial charge in [-0.05, 0) is 54.8 Å². The van der Waals surface area contributed by atoms with E-state index in [-0.39, 0.29) is 11.2 Å². The van der Waals surface area contributed by atoms with E-state index < -0.39 is 0 Å². The number of hydrogen-bond donors (Lipinski definition) is 1. The fraction of sp³-hybridized carbons (Fsp3) is 0.261. The van der Waals surface area contributed by atoms with E-state index in [2.05, 4.69) is 42.9 Å². The Morgan fingerprint density at radius 1 is 1.15 bits per heavy atom. The zero-order chi connectivity index (χ0) is 19.2. The number of ether oxygens (including phenoxy) is 1. The standard InChI is InChI=1S/C23H23FN2O/c1-14-9-10-27-15(2)21(14)16-11-19-20(13-26-22(19)25-12-16)23(3,4)17-5-7-18(24)8-6-17/h5-9,11-13H,10H2,1-4H3,(H,25,26). The van der Waals surface area contributed by atoms with Gasteiger partial charge in [0.15, 0.2) is 0 Å². The van der Waals surface area contributed by atoms with E-state index in [0.717, 1.165) is 39.1 Å². The Morgan fingerprint density at radius 2 is 1.89 bits per heavy atom. The third-order valence-electron chi connectivity index (χ3n) is 5.49. The van der Waals surface area contributed by atoms with E-state index in [1.807, 2.05) is 31.5 Å². The van der Waals surface area contributed by atoms with Crippen molar-refractivity contribution in [1.29, 1.82) is 0 Å². The van der Waals surface area contributed by atoms with Gasteiger partial charge in [-0.1, -0.05) is 26.0 Å². The van der Waals surface area contributed by atoms with Gasteiger partial charge in [0.05, 0.1) is 0 Å². The summed E-state index contributed by atoms with van der Waals surface area (Å²) in [6.45, 7) is 9.01. The molecule has 3 heterocycles. The molecular weight excluding hydrogens is 339 g/mol. The van der Waals surface area contributed by atoms with Crippen molar-refractivity contribution in [3.63, 3.8) is 0 Å². The van der Waals surface area contributed by atoms with Crippen molar-refractivity contribution in [3.8, 4) is 0 Å². The summed E-state index contributed by atoms with van der Waals surface area (Å²) in [5.74, 6) is 0.699. The molecule has 27 heavy (non-hydrogen) atoms. The summed E-state index contributed by atoms with van der Waals surface area (Å²) in [4.78, 5) is 7.92. The van der Waals surface area contributed by atoms with Crippen molar-refractivity contribution < 1.29 is 9.13 Å². The van der Waals surface area contributed by atoms with Crippen LogP contribution in [-0.2, 0) is 10.2 Å². The van der Waals surface area contributed by atoms with Crippen LogP contribution < -0.4 is 0 Å². The lowest BCUT2D eigenvalue weighted by Crippen LogP contribution is -2.18. The van der Waals surface area contributed by atoms with Gasteiger partial charge < -0.3 is 9.72 Å². The predicted molar refractivity (Wildman–Crippen MR) is 107 cm³/mol. The summed E-state index contributed by atoms with van der Waals surface area (Å²) < 4.78 is 19.1. The van der Waals surface area contributed by atoms with Crippen LogP contribution in [0.1, 0.15) is 44.4 Å². The van der Waals surface area contributed by atoms with Crippen LogP contribution in [0, 0.1) is 5.82 Å². The van der Waals surface area contributed by atoms with E-state index in [1.165, 1.54) is 17.7 Å². The summed E-state index contributed by atoms with van der Waals surface area (Å²) >= 11 is 0. The summed E-state index contributed by atoms with van der Waals surface area (Å²) in [5.41, 5.74) is 6.10. The van der Waals surface area contributed by atoms with Crippen LogP contribution >= 0.6 is 0 Å². The number of benzene rings is 1. The number of nitrogens with one attached hydrogen (secondary N) is 1. The van der Waals surface area contributed by atoms with Crippen molar-refractivity contribution in [3.05, 3.63) is 82.6 Å². The van der Waals surface area contributed by atoms with Crippen molar-refractivity contribution in [1.82, 2.24) is 9.97 Å². The molecule has 0 spiro atoms. The minimum atomic E-state index is -0.288. The van der Waals surface area contributed by atoms with Crippen LogP contribution in [0.2, 0.25) is 0 Å². The number of pyridine rings is 1. The molecule has 1 aromatic carbocycles. The van der Waals surface area contributed by atoms with Crippen LogP contribution in [0.25, 0.3) is 16.6 Å². The summed E-state index contributed by atoms with van der Waals surface area (Å²) in [6.07, 6.45) is 5.98. The first kappa shape index (κ1) is 17.5. The number of aromatic amines is 1. The zero-order valence-corrected chi connectivity index (χ0v) is 16.1. The Labute approximate surface area is 158 Å². The fourth-order valence-corrected chi connectivity index (χ4v) is 3.85. The first-order valence-corrected chi connectivity index (χ1v) is 9.13. The second-order valence-electron chi connectivity index (χ2n) is 7.58. The average Bonchev–Trinajstić information content (AvgIpc) is 3.06. The Balaban J connectivity index is 1.86. The quantitative estimate of drug-likeness (QED) is 0.645. The van der Waals surface area contributed by atoms with Gasteiger partial charge in [-0.25, -0.2) is 9.37 Å². The maximum absolute atomic E-state index is 13.4. The molecule has 1 aliphatic rings. The molecule has 0 atom stereocenters. The highest BCUT2D eigenvalue weighted by molar-refractivity contribution is 5.88. The van der Waals surface area contributed by atoms with E-state index in [1.54, 1.807) is 0 Å². The largest absolute Gasteiger partial charge is 0.494 e. The molecule has 3 aromatic rings. The van der Waals surface area contributed by atoms with Crippen LogP contribution in [0.4, 0.5) is 4.39 Å². The number of H-pyrrole nitrogens is 1. The van der Waals surface area contributed by atoms with Crippen molar-refractivity contribution in [2.75, 3.05) is 6.61 Å². The van der Waals surface area contributed by atoms with Crippen molar-refractivity contribution in [2.45, 2.75) is 33.1 Å². The van der Waals surface area contributed by atoms with Gasteiger partial charge >= 0.3 is 0 Å². The lowest BCUT2D eigenvalue weighted by molar-refractivity contribution is 0.247. The SMILES string of the molecule is CC1=CCOC(C)=C1c1cnc2[nH]cc(C(C)(C)c3ccc(F)cc3)c2c1. The molecule has 2 aromatic heterocycles. The first-order chi connectivity index (χ1) is 12.9. The molecule has 0 amide bonds. The van der Waals surface area contributed by atoms with E-state index in [4.69, 9.17) is 4.74 Å². The monoisotopic (exact) mass is 362 g/mol. The molecule has 138 valence electrons. The van der Waals surface area contributed by atoms with Crippen LogP contribution in [0.15, 0.2) is 60.1 Å². The molecule has 3 nitrogen and oxygen atoms in total. The van der Waals surface area contributed by atoms with E-state index in [0.29, 0.717) is 6.61 Å². The summed E-state index contributed by atoms with van der Waals surface area (Å²) in [5, 5.41) is 1.07. The number of allylic oxidation sites excluding steroid dienone is 3. The molecule has 4 heteroatoms. The van der Waals surface area contributed by atoms with E-state index >= 15 is 0 Å². The third kappa shape index (κ3) is 2.95. The first-order valence-electron chi connectivity index (χ1n) is 9.13. The van der Waals surface area contributed by atoms with Gasteiger partial charge in [0, 0.05) is 34.3 Å². The lowest BCUT2D eigenvalue weighted by Gasteiger charge is -2.25. The summed E-state index contributed by atoms with van der Waals surface area (Å²) in [7, 11) is 0. The average molecular weight is 362 g/mol. The molecule has 0 bridgehead atoms. The van der Waals surface area contributed by atoms with Crippen LogP contribution in [0.3, 0.4) is 0 Å². The highest BCUT2D eigenvalue weighted by atomic mass is 19.1. The van der Waals surface area contributed by atoms with Crippen LogP contribution in [0.5, 0.6) is 0 Å².